The van der Waals surface area contributed by atoms with Crippen LogP contribution in [-0.4, -0.2) is 10.5 Å². The van der Waals surface area contributed by atoms with Crippen molar-refractivity contribution >= 4 is 0 Å². The Morgan fingerprint density at radius 2 is 1.16 bits per heavy atom. The van der Waals surface area contributed by atoms with E-state index in [0.717, 1.165) is 0 Å². The van der Waals surface area contributed by atoms with Gasteiger partial charge in [-0.25, -0.2) is 5.84 Å². The number of nitrogens with zero attached hydrogens (tertiary/aromatic N) is 1. The van der Waals surface area contributed by atoms with Gasteiger partial charge in [-0.05, 0) is 42.6 Å². The summed E-state index contributed by atoms with van der Waals surface area (Å²) in [6, 6.07) is 0. The van der Waals surface area contributed by atoms with Crippen LogP contribution in [0.5, 0.6) is 0 Å². The van der Waals surface area contributed by atoms with Crippen LogP contribution in [0.1, 0.15) is 76.2 Å². The third-order valence-electron chi connectivity index (χ3n) is 5.67. The molecule has 0 radical (unpaired) electrons. The molecule has 0 rings (SSSR count). The lowest BCUT2D eigenvalue weighted by molar-refractivity contribution is 0.0575. The monoisotopic (exact) mass is 268 g/mol. The number of nitrogens with two attached hydrogens (primary N) is 1. The molecule has 0 aliphatic heterocycles. The predicted octanol–water partition coefficient (Wildman–Crippen LogP) is 4.96. The number of hydrogen-bond donors (Lipinski definition) is 1. The van der Waals surface area contributed by atoms with Gasteiger partial charge in [0, 0.05) is 6.20 Å². The summed E-state index contributed by atoms with van der Waals surface area (Å²) < 4.78 is 0. The smallest absolute Gasteiger partial charge is 0.0546 e. The minimum atomic E-state index is -0.0950. The second-order valence-electron chi connectivity index (χ2n) is 8.90. The first-order valence-electron chi connectivity index (χ1n) is 7.28. The van der Waals surface area contributed by atoms with Crippen molar-refractivity contribution in [3.8, 4) is 0 Å². The molecule has 2 N–H and O–H groups in total. The molecule has 0 bridgehead atoms. The van der Waals surface area contributed by atoms with E-state index in [-0.39, 0.29) is 21.8 Å². The lowest BCUT2D eigenvalue weighted by Gasteiger charge is -2.47. The summed E-state index contributed by atoms with van der Waals surface area (Å²) >= 11 is 0. The van der Waals surface area contributed by atoms with Gasteiger partial charge in [-0.3, -0.25) is 0 Å². The molecule has 0 spiro atoms. The second-order valence-corrected chi connectivity index (χ2v) is 8.90. The van der Waals surface area contributed by atoms with E-state index >= 15 is 0 Å². The average molecular weight is 268 g/mol. The lowest BCUT2D eigenvalue weighted by atomic mass is 9.65. The summed E-state index contributed by atoms with van der Waals surface area (Å²) in [5, 5.41) is 1.88. The first-order chi connectivity index (χ1) is 8.05. The summed E-state index contributed by atoms with van der Waals surface area (Å²) in [6.07, 6.45) is 2.12. The normalized spacial score (nSPS) is 15.7. The molecular weight excluding hydrogens is 232 g/mol. The molecule has 114 valence electrons. The standard InChI is InChI=1S/C17H36N2/c1-13(16(8,9)14(2,3)4)12-19(18)17(10,11)15(5,6)7/h12H,18H2,1-11H3/b13-12+. The van der Waals surface area contributed by atoms with E-state index in [1.807, 2.05) is 5.01 Å². The molecule has 0 aliphatic carbocycles. The average Bonchev–Trinajstić information content (AvgIpc) is 2.13. The molecular formula is C17H36N2. The molecule has 0 aromatic heterocycles. The highest BCUT2D eigenvalue weighted by Crippen LogP contribution is 2.44. The van der Waals surface area contributed by atoms with Crippen molar-refractivity contribution in [1.29, 1.82) is 0 Å². The summed E-state index contributed by atoms with van der Waals surface area (Å²) in [6.45, 7) is 24.7. The fraction of sp³-hybridized carbons (Fsp3) is 0.882. The first kappa shape index (κ1) is 18.5. The highest BCUT2D eigenvalue weighted by molar-refractivity contribution is 5.14. The third-order valence-corrected chi connectivity index (χ3v) is 5.67. The number of allylic oxidation sites excluding steroid dienone is 1. The van der Waals surface area contributed by atoms with Crippen LogP contribution >= 0.6 is 0 Å². The van der Waals surface area contributed by atoms with E-state index in [9.17, 15) is 0 Å². The maximum Gasteiger partial charge on any atom is 0.0546 e. The second kappa shape index (κ2) is 5.12. The van der Waals surface area contributed by atoms with Gasteiger partial charge in [-0.2, -0.15) is 0 Å². The van der Waals surface area contributed by atoms with Crippen molar-refractivity contribution < 1.29 is 0 Å². The van der Waals surface area contributed by atoms with Gasteiger partial charge >= 0.3 is 0 Å². The van der Waals surface area contributed by atoms with Crippen LogP contribution in [0.3, 0.4) is 0 Å². The number of hydrogen-bond acceptors (Lipinski definition) is 2. The van der Waals surface area contributed by atoms with E-state index in [1.165, 1.54) is 5.57 Å². The Balaban J connectivity index is 5.39. The predicted molar refractivity (Wildman–Crippen MR) is 86.6 cm³/mol. The highest BCUT2D eigenvalue weighted by Gasteiger charge is 2.38. The van der Waals surface area contributed by atoms with E-state index in [1.54, 1.807) is 0 Å². The molecule has 0 saturated heterocycles. The number of rotatable bonds is 3. The van der Waals surface area contributed by atoms with Crippen molar-refractivity contribution in [2.75, 3.05) is 0 Å². The van der Waals surface area contributed by atoms with Gasteiger partial charge < -0.3 is 5.01 Å². The van der Waals surface area contributed by atoms with Crippen LogP contribution in [0, 0.1) is 16.2 Å². The Kier molecular flexibility index (Phi) is 4.99. The molecule has 2 nitrogen and oxygen atoms in total. The number of hydrazine groups is 1. The van der Waals surface area contributed by atoms with E-state index in [0.29, 0.717) is 0 Å². The van der Waals surface area contributed by atoms with Crippen LogP contribution < -0.4 is 5.84 Å². The minimum absolute atomic E-state index is 0.0950. The van der Waals surface area contributed by atoms with Crippen molar-refractivity contribution in [1.82, 2.24) is 5.01 Å². The maximum absolute atomic E-state index is 6.34. The van der Waals surface area contributed by atoms with Crippen LogP contribution in [0.25, 0.3) is 0 Å². The molecule has 0 unspecified atom stereocenters. The molecule has 0 aliphatic rings. The maximum atomic E-state index is 6.34. The molecule has 0 atom stereocenters. The summed E-state index contributed by atoms with van der Waals surface area (Å²) in [4.78, 5) is 0. The topological polar surface area (TPSA) is 29.3 Å². The van der Waals surface area contributed by atoms with E-state index in [2.05, 4.69) is 82.4 Å². The van der Waals surface area contributed by atoms with Crippen molar-refractivity contribution in [2.45, 2.75) is 81.7 Å². The van der Waals surface area contributed by atoms with Crippen LogP contribution in [-0.2, 0) is 0 Å². The van der Waals surface area contributed by atoms with E-state index in [4.69, 9.17) is 5.84 Å². The Morgan fingerprint density at radius 3 is 1.42 bits per heavy atom. The van der Waals surface area contributed by atoms with Gasteiger partial charge in [-0.15, -0.1) is 0 Å². The van der Waals surface area contributed by atoms with Gasteiger partial charge in [0.25, 0.3) is 0 Å². The SMILES string of the molecule is C/C(=C\N(N)C(C)(C)C(C)(C)C)C(C)(C)C(C)(C)C. The van der Waals surface area contributed by atoms with Crippen molar-refractivity contribution in [3.05, 3.63) is 11.8 Å². The Hall–Kier alpha value is -0.500. The van der Waals surface area contributed by atoms with E-state index < -0.39 is 0 Å². The molecule has 0 aromatic carbocycles. The van der Waals surface area contributed by atoms with Gasteiger partial charge in [0.15, 0.2) is 0 Å². The van der Waals surface area contributed by atoms with Gasteiger partial charge in [0.2, 0.25) is 0 Å². The molecule has 0 fully saturated rings. The largest absolute Gasteiger partial charge is 0.312 e. The van der Waals surface area contributed by atoms with Crippen molar-refractivity contribution in [3.63, 3.8) is 0 Å². The van der Waals surface area contributed by atoms with Crippen molar-refractivity contribution in [2.24, 2.45) is 22.1 Å². The highest BCUT2D eigenvalue weighted by atomic mass is 15.4. The Bertz CT molecular complexity index is 335. The third kappa shape index (κ3) is 3.75. The summed E-state index contributed by atoms with van der Waals surface area (Å²) in [7, 11) is 0. The van der Waals surface area contributed by atoms with Crippen LogP contribution in [0.2, 0.25) is 0 Å². The van der Waals surface area contributed by atoms with Crippen LogP contribution in [0.15, 0.2) is 11.8 Å². The summed E-state index contributed by atoms with van der Waals surface area (Å²) in [5.74, 6) is 6.34. The fourth-order valence-corrected chi connectivity index (χ4v) is 1.51. The lowest BCUT2D eigenvalue weighted by Crippen LogP contribution is -2.54. The molecule has 0 aromatic rings. The van der Waals surface area contributed by atoms with Gasteiger partial charge in [0.05, 0.1) is 5.54 Å². The summed E-state index contributed by atoms with van der Waals surface area (Å²) in [5.41, 5.74) is 1.66. The molecule has 0 heterocycles. The van der Waals surface area contributed by atoms with Crippen LogP contribution in [0.4, 0.5) is 0 Å². The zero-order chi connectivity index (χ0) is 15.9. The zero-order valence-electron chi connectivity index (χ0n) is 15.1. The quantitative estimate of drug-likeness (QED) is 0.579. The van der Waals surface area contributed by atoms with Gasteiger partial charge in [-0.1, -0.05) is 55.4 Å². The molecule has 2 heteroatoms. The fourth-order valence-electron chi connectivity index (χ4n) is 1.51. The molecule has 19 heavy (non-hydrogen) atoms. The molecule has 0 amide bonds. The minimum Gasteiger partial charge on any atom is -0.312 e. The Morgan fingerprint density at radius 1 is 0.789 bits per heavy atom. The van der Waals surface area contributed by atoms with Gasteiger partial charge in [0.1, 0.15) is 0 Å². The first-order valence-corrected chi connectivity index (χ1v) is 7.28. The molecule has 0 saturated carbocycles. The zero-order valence-corrected chi connectivity index (χ0v) is 15.1. The Labute approximate surface area is 121 Å².